The van der Waals surface area contributed by atoms with Gasteiger partial charge in [0, 0.05) is 23.9 Å². The molecule has 5 heteroatoms. The van der Waals surface area contributed by atoms with Crippen molar-refractivity contribution in [3.63, 3.8) is 0 Å². The van der Waals surface area contributed by atoms with Gasteiger partial charge in [0.1, 0.15) is 18.2 Å². The molecular weight excluding hydrogens is 350 g/mol. The van der Waals surface area contributed by atoms with Crippen LogP contribution in [0.5, 0.6) is 5.75 Å². The largest absolute Gasteiger partial charge is 0.489 e. The Balaban J connectivity index is 1.47. The maximum absolute atomic E-state index is 9.70. The van der Waals surface area contributed by atoms with Crippen LogP contribution in [0.3, 0.4) is 0 Å². The normalized spacial score (nSPS) is 18.8. The summed E-state index contributed by atoms with van der Waals surface area (Å²) in [6.45, 7) is 0.530. The van der Waals surface area contributed by atoms with Gasteiger partial charge in [0.25, 0.3) is 0 Å². The molecule has 0 radical (unpaired) electrons. The Labute approximate surface area is 163 Å². The molecule has 0 unspecified atom stereocenters. The number of aliphatic hydroxyl groups is 1. The number of benzene rings is 2. The molecule has 0 atom stereocenters. The number of nitrogens with zero attached hydrogens (tertiary/aromatic N) is 3. The first-order chi connectivity index (χ1) is 13.8. The molecule has 5 rings (SSSR count). The highest BCUT2D eigenvalue weighted by Gasteiger charge is 2.32. The quantitative estimate of drug-likeness (QED) is 0.571. The predicted octanol–water partition coefficient (Wildman–Crippen LogP) is 4.21. The molecule has 2 aromatic carbocycles. The van der Waals surface area contributed by atoms with Gasteiger partial charge in [0.15, 0.2) is 0 Å². The van der Waals surface area contributed by atoms with Gasteiger partial charge in [-0.1, -0.05) is 42.5 Å². The first-order valence-corrected chi connectivity index (χ1v) is 9.55. The van der Waals surface area contributed by atoms with E-state index >= 15 is 0 Å². The fourth-order valence-corrected chi connectivity index (χ4v) is 3.74. The van der Waals surface area contributed by atoms with Gasteiger partial charge in [0.05, 0.1) is 23.5 Å². The van der Waals surface area contributed by atoms with Gasteiger partial charge >= 0.3 is 0 Å². The van der Waals surface area contributed by atoms with Crippen molar-refractivity contribution in [2.45, 2.75) is 31.5 Å². The lowest BCUT2D eigenvalue weighted by molar-refractivity contribution is 0.0738. The zero-order valence-electron chi connectivity index (χ0n) is 15.4. The van der Waals surface area contributed by atoms with Crippen LogP contribution in [0.4, 0.5) is 0 Å². The van der Waals surface area contributed by atoms with Crippen LogP contribution in [0, 0.1) is 0 Å². The van der Waals surface area contributed by atoms with Crippen LogP contribution in [-0.4, -0.2) is 25.6 Å². The molecule has 1 saturated carbocycles. The maximum atomic E-state index is 9.70. The second kappa shape index (κ2) is 7.09. The first kappa shape index (κ1) is 17.0. The number of rotatable bonds is 5. The zero-order valence-corrected chi connectivity index (χ0v) is 15.4. The molecule has 0 aliphatic heterocycles. The van der Waals surface area contributed by atoms with E-state index in [0.717, 1.165) is 46.8 Å². The number of imidazole rings is 1. The summed E-state index contributed by atoms with van der Waals surface area (Å²) in [5, 5.41) is 9.70. The molecule has 0 amide bonds. The summed E-state index contributed by atoms with van der Waals surface area (Å²) < 4.78 is 8.06. The number of hydrogen-bond donors (Lipinski definition) is 1. The van der Waals surface area contributed by atoms with Crippen LogP contribution in [-0.2, 0) is 6.61 Å². The van der Waals surface area contributed by atoms with Crippen LogP contribution in [0.25, 0.3) is 16.9 Å². The molecule has 5 nitrogen and oxygen atoms in total. The Morgan fingerprint density at radius 2 is 1.93 bits per heavy atom. The van der Waals surface area contributed by atoms with Gasteiger partial charge in [-0.15, -0.1) is 0 Å². The average molecular weight is 371 g/mol. The molecule has 2 aromatic heterocycles. The topological polar surface area (TPSA) is 59.7 Å². The standard InChI is InChI=1S/C23H21N3O2/c27-19-11-18(12-19)22-21-14-24-9-10-26(21)23(25-22)17-7-4-8-20(13-17)28-15-16-5-2-1-3-6-16/h1-10,13-14,18-19,27H,11-12,15H2. The molecular formula is C23H21N3O2. The predicted molar refractivity (Wildman–Crippen MR) is 107 cm³/mol. The summed E-state index contributed by atoms with van der Waals surface area (Å²) in [7, 11) is 0. The second-order valence-corrected chi connectivity index (χ2v) is 7.28. The van der Waals surface area contributed by atoms with E-state index in [2.05, 4.69) is 21.5 Å². The third-order valence-corrected chi connectivity index (χ3v) is 5.32. The highest BCUT2D eigenvalue weighted by molar-refractivity contribution is 5.66. The van der Waals surface area contributed by atoms with Crippen molar-refractivity contribution in [1.29, 1.82) is 0 Å². The second-order valence-electron chi connectivity index (χ2n) is 7.28. The van der Waals surface area contributed by atoms with E-state index in [4.69, 9.17) is 9.72 Å². The average Bonchev–Trinajstić information content (AvgIpc) is 3.10. The lowest BCUT2D eigenvalue weighted by Crippen LogP contribution is -2.26. The zero-order chi connectivity index (χ0) is 18.9. The highest BCUT2D eigenvalue weighted by Crippen LogP contribution is 2.39. The van der Waals surface area contributed by atoms with Gasteiger partial charge in [-0.2, -0.15) is 0 Å². The molecule has 4 aromatic rings. The van der Waals surface area contributed by atoms with Crippen LogP contribution in [0.2, 0.25) is 0 Å². The van der Waals surface area contributed by atoms with E-state index < -0.39 is 0 Å². The van der Waals surface area contributed by atoms with Gasteiger partial charge in [0.2, 0.25) is 0 Å². The van der Waals surface area contributed by atoms with Gasteiger partial charge in [-0.3, -0.25) is 9.38 Å². The summed E-state index contributed by atoms with van der Waals surface area (Å²) in [5.74, 6) is 1.98. The minimum absolute atomic E-state index is 0.211. The van der Waals surface area contributed by atoms with Gasteiger partial charge in [-0.25, -0.2) is 4.98 Å². The van der Waals surface area contributed by atoms with Crippen molar-refractivity contribution in [2.75, 3.05) is 0 Å². The Morgan fingerprint density at radius 1 is 1.07 bits per heavy atom. The smallest absolute Gasteiger partial charge is 0.145 e. The Hall–Kier alpha value is -3.18. The van der Waals surface area contributed by atoms with E-state index in [1.165, 1.54) is 0 Å². The van der Waals surface area contributed by atoms with E-state index in [-0.39, 0.29) is 6.10 Å². The lowest BCUT2D eigenvalue weighted by Gasteiger charge is -2.30. The minimum Gasteiger partial charge on any atom is -0.489 e. The Morgan fingerprint density at radius 3 is 2.75 bits per heavy atom. The van der Waals surface area contributed by atoms with Gasteiger partial charge in [-0.05, 0) is 30.5 Å². The lowest BCUT2D eigenvalue weighted by atomic mass is 9.80. The minimum atomic E-state index is -0.211. The summed E-state index contributed by atoms with van der Waals surface area (Å²) in [6.07, 6.45) is 6.88. The fraction of sp³-hybridized carbons (Fsp3) is 0.217. The third kappa shape index (κ3) is 3.14. The number of fused-ring (bicyclic) bond motifs is 1. The van der Waals surface area contributed by atoms with Gasteiger partial charge < -0.3 is 9.84 Å². The number of aliphatic hydroxyl groups excluding tert-OH is 1. The molecule has 1 aliphatic carbocycles. The number of hydrogen-bond acceptors (Lipinski definition) is 4. The van der Waals surface area contributed by atoms with E-state index in [1.54, 1.807) is 6.20 Å². The van der Waals surface area contributed by atoms with Crippen molar-refractivity contribution in [2.24, 2.45) is 0 Å². The van der Waals surface area contributed by atoms with Crippen molar-refractivity contribution in [3.05, 3.63) is 84.4 Å². The van der Waals surface area contributed by atoms with Crippen LogP contribution in [0.1, 0.15) is 30.0 Å². The van der Waals surface area contributed by atoms with Crippen LogP contribution < -0.4 is 4.74 Å². The highest BCUT2D eigenvalue weighted by atomic mass is 16.5. The molecule has 1 aliphatic rings. The number of aromatic nitrogens is 3. The molecule has 140 valence electrons. The molecule has 0 spiro atoms. The Kier molecular flexibility index (Phi) is 4.29. The summed E-state index contributed by atoms with van der Waals surface area (Å²) in [5.41, 5.74) is 4.16. The third-order valence-electron chi connectivity index (χ3n) is 5.32. The fourth-order valence-electron chi connectivity index (χ4n) is 3.74. The van der Waals surface area contributed by atoms with E-state index in [1.807, 2.05) is 54.9 Å². The summed E-state index contributed by atoms with van der Waals surface area (Å²) in [6, 6.07) is 18.2. The van der Waals surface area contributed by atoms with Crippen molar-refractivity contribution >= 4 is 5.52 Å². The number of ether oxygens (including phenoxy) is 1. The monoisotopic (exact) mass is 371 g/mol. The Bertz CT molecular complexity index is 1100. The van der Waals surface area contributed by atoms with E-state index in [0.29, 0.717) is 12.5 Å². The van der Waals surface area contributed by atoms with Crippen molar-refractivity contribution in [1.82, 2.24) is 14.4 Å². The molecule has 2 heterocycles. The summed E-state index contributed by atoms with van der Waals surface area (Å²) in [4.78, 5) is 9.20. The SMILES string of the molecule is OC1CC(c2nc(-c3cccc(OCc4ccccc4)c3)n3ccncc23)C1. The van der Waals surface area contributed by atoms with Crippen LogP contribution in [0.15, 0.2) is 73.2 Å². The molecule has 28 heavy (non-hydrogen) atoms. The maximum Gasteiger partial charge on any atom is 0.145 e. The molecule has 0 saturated heterocycles. The summed E-state index contributed by atoms with van der Waals surface area (Å²) >= 11 is 0. The first-order valence-electron chi connectivity index (χ1n) is 9.55. The molecule has 1 fully saturated rings. The molecule has 0 bridgehead atoms. The molecule has 1 N–H and O–H groups in total. The van der Waals surface area contributed by atoms with E-state index in [9.17, 15) is 5.11 Å². The van der Waals surface area contributed by atoms with Crippen LogP contribution >= 0.6 is 0 Å². The van der Waals surface area contributed by atoms with Crippen molar-refractivity contribution < 1.29 is 9.84 Å². The van der Waals surface area contributed by atoms with Crippen molar-refractivity contribution in [3.8, 4) is 17.1 Å².